The van der Waals surface area contributed by atoms with E-state index in [1.54, 1.807) is 22.3 Å². The number of fused-ring (bicyclic) bond motifs is 5. The molecule has 1 aromatic carbocycles. The van der Waals surface area contributed by atoms with Crippen LogP contribution in [0.4, 0.5) is 21.6 Å². The Hall–Kier alpha value is -3.93. The van der Waals surface area contributed by atoms with Gasteiger partial charge in [-0.1, -0.05) is 31.2 Å². The first kappa shape index (κ1) is 28.6. The Labute approximate surface area is 242 Å². The number of nitrogens with zero attached hydrogens (tertiary/aromatic N) is 4. The molecule has 2 aliphatic carbocycles. The van der Waals surface area contributed by atoms with E-state index in [0.717, 1.165) is 74.9 Å². The first-order chi connectivity index (χ1) is 20.0. The number of allylic oxidation sites excluding steroid dienone is 3. The number of halogens is 1. The number of hydrogen-bond acceptors (Lipinski definition) is 9. The van der Waals surface area contributed by atoms with E-state index in [1.807, 2.05) is 24.4 Å². The summed E-state index contributed by atoms with van der Waals surface area (Å²) < 4.78 is 11.2. The Balaban J connectivity index is 0.00000165. The summed E-state index contributed by atoms with van der Waals surface area (Å²) in [7, 11) is 0.500. The molecule has 2 unspecified atom stereocenters. The van der Waals surface area contributed by atoms with Crippen LogP contribution in [0, 0.1) is 10.8 Å². The monoisotopic (exact) mass is 575 g/mol. The molecule has 0 spiro atoms. The Morgan fingerprint density at radius 2 is 2.10 bits per heavy atom. The summed E-state index contributed by atoms with van der Waals surface area (Å²) in [6, 6.07) is 5.99. The van der Waals surface area contributed by atoms with E-state index in [4.69, 9.17) is 5.41 Å². The molecular formula is C30H34FN7O2S. The highest BCUT2D eigenvalue weighted by molar-refractivity contribution is 7.22. The average Bonchev–Trinajstić information content (AvgIpc) is 3.59. The van der Waals surface area contributed by atoms with Gasteiger partial charge in [-0.3, -0.25) is 9.07 Å². The molecule has 3 aromatic heterocycles. The predicted octanol–water partition coefficient (Wildman–Crippen LogP) is 5.27. The van der Waals surface area contributed by atoms with Gasteiger partial charge in [0, 0.05) is 51.8 Å². The molecule has 11 heteroatoms. The molecule has 0 saturated heterocycles. The zero-order valence-electron chi connectivity index (χ0n) is 23.1. The lowest BCUT2D eigenvalue weighted by Crippen LogP contribution is -2.25. The summed E-state index contributed by atoms with van der Waals surface area (Å²) in [5, 5.41) is 39.7. The van der Waals surface area contributed by atoms with Gasteiger partial charge in [0.05, 0.1) is 37.5 Å². The van der Waals surface area contributed by atoms with E-state index in [0.29, 0.717) is 7.18 Å². The van der Waals surface area contributed by atoms with Crippen LogP contribution in [-0.2, 0) is 19.4 Å². The van der Waals surface area contributed by atoms with E-state index >= 15 is 0 Å². The second-order valence-electron chi connectivity index (χ2n) is 10.4. The van der Waals surface area contributed by atoms with Crippen LogP contribution in [0.2, 0.25) is 0 Å². The second-order valence-corrected chi connectivity index (χ2v) is 11.4. The number of aromatic nitrogens is 4. The summed E-state index contributed by atoms with van der Waals surface area (Å²) in [6.07, 6.45) is 15.2. The molecule has 0 fully saturated rings. The number of benzene rings is 1. The molecule has 9 nitrogen and oxygen atoms in total. The second kappa shape index (κ2) is 12.3. The zero-order valence-corrected chi connectivity index (χ0v) is 23.9. The number of thiophene rings is 1. The largest absolute Gasteiger partial charge is 0.394 e. The fourth-order valence-electron chi connectivity index (χ4n) is 5.25. The summed E-state index contributed by atoms with van der Waals surface area (Å²) in [4.78, 5) is 11.2. The van der Waals surface area contributed by atoms with Gasteiger partial charge in [-0.05, 0) is 43.0 Å². The van der Waals surface area contributed by atoms with Gasteiger partial charge in [0.2, 0.25) is 0 Å². The smallest absolute Gasteiger partial charge is 0.142 e. The molecule has 6 rings (SSSR count). The molecule has 41 heavy (non-hydrogen) atoms. The summed E-state index contributed by atoms with van der Waals surface area (Å²) >= 11 is 1.62. The Bertz CT molecular complexity index is 1610. The highest BCUT2D eigenvalue weighted by atomic mass is 32.1. The Morgan fingerprint density at radius 3 is 2.85 bits per heavy atom. The van der Waals surface area contributed by atoms with Gasteiger partial charge in [-0.2, -0.15) is 5.10 Å². The van der Waals surface area contributed by atoms with Gasteiger partial charge in [-0.15, -0.1) is 11.3 Å². The summed E-state index contributed by atoms with van der Waals surface area (Å²) in [5.41, 5.74) is 5.87. The van der Waals surface area contributed by atoms with Crippen molar-refractivity contribution in [3.63, 3.8) is 0 Å². The Morgan fingerprint density at radius 1 is 1.24 bits per heavy atom. The topological polar surface area (TPSA) is 132 Å². The minimum atomic E-state index is -0.841. The van der Waals surface area contributed by atoms with E-state index in [9.17, 15) is 14.6 Å². The first-order valence-corrected chi connectivity index (χ1v) is 14.3. The summed E-state index contributed by atoms with van der Waals surface area (Å²) in [5.74, 6) is 0.743. The van der Waals surface area contributed by atoms with E-state index in [-0.39, 0.29) is 18.6 Å². The number of alkyl halides is 1. The Kier molecular flexibility index (Phi) is 8.57. The third-order valence-corrected chi connectivity index (χ3v) is 8.55. The third kappa shape index (κ3) is 5.92. The van der Waals surface area contributed by atoms with Gasteiger partial charge < -0.3 is 26.3 Å². The fraction of sp³-hybridized carbons (Fsp3) is 0.333. The third-order valence-electron chi connectivity index (χ3n) is 7.37. The number of aliphatic hydroxyl groups excluding tert-OH is 2. The SMILES string of the molecule is CC1(CNc2ccc(Nc3ncnc4sc5c(c34)CCc3nn(CC(O)CO)cc3-5)cc2C=N)C=CC=CC1.CF. The van der Waals surface area contributed by atoms with Gasteiger partial charge in [0.25, 0.3) is 0 Å². The number of aryl methyl sites for hydroxylation is 2. The average molecular weight is 576 g/mol. The first-order valence-electron chi connectivity index (χ1n) is 13.5. The molecule has 2 aliphatic rings. The van der Waals surface area contributed by atoms with E-state index in [1.165, 1.54) is 11.8 Å². The van der Waals surface area contributed by atoms with Crippen LogP contribution in [0.1, 0.15) is 30.2 Å². The van der Waals surface area contributed by atoms with Gasteiger partial charge in [0.1, 0.15) is 17.0 Å². The highest BCUT2D eigenvalue weighted by Gasteiger charge is 2.27. The maximum absolute atomic E-state index is 9.86. The van der Waals surface area contributed by atoms with E-state index in [2.05, 4.69) is 56.9 Å². The molecule has 3 heterocycles. The maximum atomic E-state index is 9.86. The van der Waals surface area contributed by atoms with Crippen molar-refractivity contribution in [3.8, 4) is 10.4 Å². The van der Waals surface area contributed by atoms with Crippen LogP contribution in [0.15, 0.2) is 55.0 Å². The maximum Gasteiger partial charge on any atom is 0.142 e. The minimum Gasteiger partial charge on any atom is -0.394 e. The quantitative estimate of drug-likeness (QED) is 0.172. The lowest BCUT2D eigenvalue weighted by Gasteiger charge is -2.27. The van der Waals surface area contributed by atoms with Crippen LogP contribution in [0.3, 0.4) is 0 Å². The van der Waals surface area contributed by atoms with Crippen molar-refractivity contribution in [2.75, 3.05) is 31.0 Å². The standard InChI is InChI=1S/C29H31N7O2S.CH3F/c1-29(9-3-2-4-10-29)16-31-23-7-5-19(11-18(23)12-30)34-27-25-21-6-8-24-22(14-36(35-24)13-20(38)15-37)26(21)39-28(25)33-17-32-27;1-2/h2-5,7,9,11-12,14,17,20,30-31,37-38H,6,8,10,13,15-16H2,1H3,(H,32,33,34);1H3. The van der Waals surface area contributed by atoms with Crippen molar-refractivity contribution in [2.24, 2.45) is 5.41 Å². The van der Waals surface area contributed by atoms with Gasteiger partial charge in [0.15, 0.2) is 0 Å². The minimum absolute atomic E-state index is 0.0462. The number of rotatable bonds is 9. The molecule has 0 bridgehead atoms. The van der Waals surface area contributed by atoms with Crippen molar-refractivity contribution in [1.82, 2.24) is 19.7 Å². The highest BCUT2D eigenvalue weighted by Crippen LogP contribution is 2.45. The lowest BCUT2D eigenvalue weighted by atomic mass is 9.83. The van der Waals surface area contributed by atoms with Crippen molar-refractivity contribution < 1.29 is 14.6 Å². The number of anilines is 3. The van der Waals surface area contributed by atoms with Crippen molar-refractivity contribution >= 4 is 45.0 Å². The molecule has 0 aliphatic heterocycles. The van der Waals surface area contributed by atoms with Crippen molar-refractivity contribution in [2.45, 2.75) is 38.8 Å². The zero-order chi connectivity index (χ0) is 29.0. The summed E-state index contributed by atoms with van der Waals surface area (Å²) in [6.45, 7) is 2.97. The van der Waals surface area contributed by atoms with Gasteiger partial charge >= 0.3 is 0 Å². The van der Waals surface area contributed by atoms with Crippen LogP contribution in [-0.4, -0.2) is 62.6 Å². The van der Waals surface area contributed by atoms with Crippen LogP contribution in [0.5, 0.6) is 0 Å². The van der Waals surface area contributed by atoms with Crippen LogP contribution < -0.4 is 10.6 Å². The molecule has 4 aromatic rings. The van der Waals surface area contributed by atoms with E-state index < -0.39 is 6.10 Å². The molecule has 214 valence electrons. The lowest BCUT2D eigenvalue weighted by molar-refractivity contribution is 0.0782. The van der Waals surface area contributed by atoms with Gasteiger partial charge in [-0.25, -0.2) is 9.97 Å². The molecule has 0 radical (unpaired) electrons. The predicted molar refractivity (Wildman–Crippen MR) is 163 cm³/mol. The number of aliphatic hydroxyl groups is 2. The molecular weight excluding hydrogens is 541 g/mol. The molecule has 2 atom stereocenters. The van der Waals surface area contributed by atoms with Crippen LogP contribution in [0.25, 0.3) is 20.7 Å². The normalized spacial score (nSPS) is 17.8. The van der Waals surface area contributed by atoms with Crippen molar-refractivity contribution in [3.05, 3.63) is 71.8 Å². The molecule has 0 saturated carbocycles. The van der Waals surface area contributed by atoms with Crippen LogP contribution >= 0.6 is 11.3 Å². The molecule has 5 N–H and O–H groups in total. The molecule has 0 amide bonds. The number of nitrogens with one attached hydrogen (secondary N) is 3. The fourth-order valence-corrected chi connectivity index (χ4v) is 6.47. The number of hydrogen-bond donors (Lipinski definition) is 5. The van der Waals surface area contributed by atoms with Crippen molar-refractivity contribution in [1.29, 1.82) is 5.41 Å².